The van der Waals surface area contributed by atoms with Crippen molar-refractivity contribution in [3.05, 3.63) is 30.1 Å². The van der Waals surface area contributed by atoms with Crippen molar-refractivity contribution in [2.24, 2.45) is 11.3 Å². The molecule has 2 aromatic rings. The van der Waals surface area contributed by atoms with Gasteiger partial charge in [0, 0.05) is 50.3 Å². The van der Waals surface area contributed by atoms with Crippen LogP contribution >= 0.6 is 0 Å². The highest BCUT2D eigenvalue weighted by Crippen LogP contribution is 2.52. The Labute approximate surface area is 165 Å². The van der Waals surface area contributed by atoms with Crippen molar-refractivity contribution in [2.45, 2.75) is 37.9 Å². The van der Waals surface area contributed by atoms with Crippen LogP contribution < -0.4 is 0 Å². The van der Waals surface area contributed by atoms with Crippen molar-refractivity contribution in [2.75, 3.05) is 26.2 Å². The fraction of sp³-hybridized carbons (Fsp3) is 0.667. The van der Waals surface area contributed by atoms with E-state index >= 15 is 0 Å². The van der Waals surface area contributed by atoms with Gasteiger partial charge in [0.05, 0.1) is 11.8 Å². The normalized spacial score (nSPS) is 24.0. The topological polar surface area (TPSA) is 82.9 Å². The Kier molecular flexibility index (Phi) is 4.11. The first-order valence-corrected chi connectivity index (χ1v) is 9.80. The first-order chi connectivity index (χ1) is 13.8. The zero-order valence-electron chi connectivity index (χ0n) is 15.8. The van der Waals surface area contributed by atoms with E-state index in [0.717, 1.165) is 57.1 Å². The van der Waals surface area contributed by atoms with Crippen LogP contribution in [0.1, 0.15) is 36.6 Å². The first-order valence-electron chi connectivity index (χ1n) is 9.80. The fourth-order valence-corrected chi connectivity index (χ4v) is 5.09. The average molecular weight is 409 g/mol. The highest BCUT2D eigenvalue weighted by atomic mass is 19.4. The van der Waals surface area contributed by atoms with E-state index in [1.54, 1.807) is 0 Å². The molecule has 3 fully saturated rings. The lowest BCUT2D eigenvalue weighted by Crippen LogP contribution is -2.65. The van der Waals surface area contributed by atoms with Gasteiger partial charge in [-0.25, -0.2) is 9.78 Å². The fourth-order valence-electron chi connectivity index (χ4n) is 5.09. The second-order valence-corrected chi connectivity index (χ2v) is 8.66. The smallest absolute Gasteiger partial charge is 0.324 e. The molecule has 1 saturated carbocycles. The lowest BCUT2D eigenvalue weighted by atomic mass is 9.58. The van der Waals surface area contributed by atoms with Crippen LogP contribution in [0.3, 0.4) is 0 Å². The molecule has 156 valence electrons. The van der Waals surface area contributed by atoms with E-state index in [1.807, 2.05) is 9.80 Å². The highest BCUT2D eigenvalue weighted by molar-refractivity contribution is 5.76. The lowest BCUT2D eigenvalue weighted by molar-refractivity contribution is -0.137. The first kappa shape index (κ1) is 18.4. The number of halogens is 3. The number of nitrogens with one attached hydrogen (secondary N) is 1. The summed E-state index contributed by atoms with van der Waals surface area (Å²) in [4.78, 5) is 20.7. The van der Waals surface area contributed by atoms with E-state index in [-0.39, 0.29) is 17.4 Å². The van der Waals surface area contributed by atoms with Crippen LogP contribution in [-0.2, 0) is 12.7 Å². The summed E-state index contributed by atoms with van der Waals surface area (Å²) < 4.78 is 39.4. The number of aromatic nitrogens is 5. The SMILES string of the molecule is O=C(N1CC[C@H](c2ncn[nH]2)C1)N1CC2(CC(Cn3cc(C(F)(F)F)cn3)C2)C1. The van der Waals surface area contributed by atoms with Gasteiger partial charge in [-0.15, -0.1) is 0 Å². The van der Waals surface area contributed by atoms with Crippen LogP contribution in [-0.4, -0.2) is 67.0 Å². The molecule has 3 aliphatic rings. The number of H-pyrrole nitrogens is 1. The minimum absolute atomic E-state index is 0.0722. The average Bonchev–Trinajstić information content (AvgIpc) is 3.35. The second-order valence-electron chi connectivity index (χ2n) is 8.66. The maximum Gasteiger partial charge on any atom is 0.419 e. The van der Waals surface area contributed by atoms with Crippen LogP contribution in [0.2, 0.25) is 0 Å². The molecule has 1 spiro atoms. The van der Waals surface area contributed by atoms with Gasteiger partial charge in [-0.2, -0.15) is 23.4 Å². The van der Waals surface area contributed by atoms with E-state index in [9.17, 15) is 18.0 Å². The Morgan fingerprint density at radius 1 is 1.28 bits per heavy atom. The molecule has 2 aliphatic heterocycles. The molecule has 1 N–H and O–H groups in total. The molecule has 29 heavy (non-hydrogen) atoms. The number of rotatable bonds is 3. The number of hydrogen-bond donors (Lipinski definition) is 1. The van der Waals surface area contributed by atoms with E-state index in [1.165, 1.54) is 11.0 Å². The molecule has 0 unspecified atom stereocenters. The quantitative estimate of drug-likeness (QED) is 0.844. The van der Waals surface area contributed by atoms with Gasteiger partial charge >= 0.3 is 12.2 Å². The number of carbonyl (C=O) groups is 1. The summed E-state index contributed by atoms with van der Waals surface area (Å²) >= 11 is 0. The van der Waals surface area contributed by atoms with Crippen molar-refractivity contribution in [1.82, 2.24) is 34.8 Å². The van der Waals surface area contributed by atoms with Crippen LogP contribution in [0, 0.1) is 11.3 Å². The van der Waals surface area contributed by atoms with Crippen molar-refractivity contribution < 1.29 is 18.0 Å². The van der Waals surface area contributed by atoms with Crippen molar-refractivity contribution in [1.29, 1.82) is 0 Å². The summed E-state index contributed by atoms with van der Waals surface area (Å²) in [6.07, 6.45) is 1.82. The number of aromatic amines is 1. The number of nitrogens with zero attached hydrogens (tertiary/aromatic N) is 6. The summed E-state index contributed by atoms with van der Waals surface area (Å²) in [6.45, 7) is 3.34. The minimum atomic E-state index is -4.35. The minimum Gasteiger partial charge on any atom is -0.324 e. The van der Waals surface area contributed by atoms with Gasteiger partial charge < -0.3 is 9.80 Å². The Morgan fingerprint density at radius 3 is 2.72 bits per heavy atom. The van der Waals surface area contributed by atoms with Crippen LogP contribution in [0.15, 0.2) is 18.7 Å². The number of hydrogen-bond acceptors (Lipinski definition) is 4. The van der Waals surface area contributed by atoms with E-state index in [0.29, 0.717) is 19.0 Å². The number of carbonyl (C=O) groups excluding carboxylic acids is 1. The molecular weight excluding hydrogens is 387 g/mol. The maximum absolute atomic E-state index is 12.7. The van der Waals surface area contributed by atoms with Gasteiger partial charge in [-0.05, 0) is 25.2 Å². The Balaban J connectivity index is 1.08. The van der Waals surface area contributed by atoms with E-state index in [4.69, 9.17) is 0 Å². The molecule has 2 amide bonds. The summed E-state index contributed by atoms with van der Waals surface area (Å²) in [6, 6.07) is 0.0722. The van der Waals surface area contributed by atoms with Crippen LogP contribution in [0.4, 0.5) is 18.0 Å². The molecule has 1 aliphatic carbocycles. The van der Waals surface area contributed by atoms with E-state index in [2.05, 4.69) is 20.3 Å². The zero-order valence-corrected chi connectivity index (χ0v) is 15.8. The molecular formula is C18H22F3N7O. The molecule has 4 heterocycles. The molecule has 8 nitrogen and oxygen atoms in total. The van der Waals surface area contributed by atoms with Crippen LogP contribution in [0.25, 0.3) is 0 Å². The van der Waals surface area contributed by atoms with Crippen molar-refractivity contribution in [3.63, 3.8) is 0 Å². The Morgan fingerprint density at radius 2 is 2.07 bits per heavy atom. The summed E-state index contributed by atoms with van der Waals surface area (Å²) in [5.41, 5.74) is -0.564. The van der Waals surface area contributed by atoms with Gasteiger partial charge in [0.15, 0.2) is 0 Å². The van der Waals surface area contributed by atoms with Crippen molar-refractivity contribution in [3.8, 4) is 0 Å². The summed E-state index contributed by atoms with van der Waals surface area (Å²) in [7, 11) is 0. The third-order valence-corrected chi connectivity index (χ3v) is 6.45. The molecule has 0 aromatic carbocycles. The Hall–Kier alpha value is -2.59. The molecule has 11 heteroatoms. The molecule has 5 rings (SSSR count). The molecule has 0 radical (unpaired) electrons. The number of likely N-dealkylation sites (tertiary alicyclic amines) is 2. The second kappa shape index (κ2) is 6.46. The largest absolute Gasteiger partial charge is 0.419 e. The predicted octanol–water partition coefficient (Wildman–Crippen LogP) is 2.34. The number of alkyl halides is 3. The third kappa shape index (κ3) is 3.36. The van der Waals surface area contributed by atoms with Gasteiger partial charge in [0.2, 0.25) is 0 Å². The zero-order chi connectivity index (χ0) is 20.2. The summed E-state index contributed by atoms with van der Waals surface area (Å²) in [5, 5.41) is 10.6. The number of urea groups is 1. The van der Waals surface area contributed by atoms with Crippen molar-refractivity contribution >= 4 is 6.03 Å². The third-order valence-electron chi connectivity index (χ3n) is 6.45. The Bertz CT molecular complexity index is 880. The molecule has 1 atom stereocenters. The van der Waals surface area contributed by atoms with Gasteiger partial charge in [-0.1, -0.05) is 0 Å². The molecule has 2 aromatic heterocycles. The standard InChI is InChI=1S/C18H22F3N7O/c19-18(20,21)14-5-24-28(8-14)6-12-3-17(4-12)9-27(10-17)16(29)26-2-1-13(7-26)15-22-11-23-25-15/h5,8,11-13H,1-4,6-7,9-10H2,(H,22,23,25)/t13-/m0/s1. The van der Waals surface area contributed by atoms with Gasteiger partial charge in [-0.3, -0.25) is 9.78 Å². The van der Waals surface area contributed by atoms with Gasteiger partial charge in [0.1, 0.15) is 12.2 Å². The molecule has 0 bridgehead atoms. The lowest BCUT2D eigenvalue weighted by Gasteiger charge is -2.59. The van der Waals surface area contributed by atoms with Crippen LogP contribution in [0.5, 0.6) is 0 Å². The summed E-state index contributed by atoms with van der Waals surface area (Å²) in [5.74, 6) is 1.35. The van der Waals surface area contributed by atoms with Gasteiger partial charge in [0.25, 0.3) is 0 Å². The number of amides is 2. The monoisotopic (exact) mass is 409 g/mol. The molecule has 2 saturated heterocycles. The predicted molar refractivity (Wildman–Crippen MR) is 94.7 cm³/mol. The van der Waals surface area contributed by atoms with E-state index < -0.39 is 11.7 Å². The maximum atomic E-state index is 12.7. The highest BCUT2D eigenvalue weighted by Gasteiger charge is 2.54.